The molecule has 0 aromatic carbocycles. The SMILES string of the molecule is C[C@@H](OC(=O)Cc1c(-c2ccc(C(=O)CC34CC(Cl)(C3)C4)cn2)nnn1C)c1cc(F)cnc1F. The van der Waals surface area contributed by atoms with Gasteiger partial charge in [-0.2, -0.15) is 4.39 Å². The summed E-state index contributed by atoms with van der Waals surface area (Å²) in [5, 5.41) is 8.06. The van der Waals surface area contributed by atoms with E-state index in [-0.39, 0.29) is 28.1 Å². The molecule has 3 fully saturated rings. The Bertz CT molecular complexity index is 1310. The number of nitrogens with zero attached hydrogens (tertiary/aromatic N) is 5. The molecular formula is C24H22ClF2N5O3. The highest BCUT2D eigenvalue weighted by Gasteiger charge is 2.67. The molecule has 3 heterocycles. The number of aromatic nitrogens is 5. The van der Waals surface area contributed by atoms with Crippen molar-refractivity contribution in [3.05, 3.63) is 59.2 Å². The molecule has 3 aromatic rings. The van der Waals surface area contributed by atoms with E-state index in [1.54, 1.807) is 19.2 Å². The standard InChI is InChI=1S/C24H22ClF2N5O3/c1-13(16-5-15(26)9-29-22(16)27)35-20(34)6-18-21(30-31-32(18)2)17-4-3-14(8-28-17)19(33)7-23-10-24(25,11-23)12-23/h3-5,8-9,13H,6-7,10-12H2,1-2H3/t13-,23?,24?/m1/s1. The maximum absolute atomic E-state index is 13.9. The van der Waals surface area contributed by atoms with E-state index in [1.807, 2.05) is 0 Å². The van der Waals surface area contributed by atoms with Crippen LogP contribution in [-0.4, -0.2) is 41.6 Å². The number of hydrogen-bond acceptors (Lipinski definition) is 7. The first-order chi connectivity index (χ1) is 16.6. The highest BCUT2D eigenvalue weighted by atomic mass is 35.5. The first-order valence-corrected chi connectivity index (χ1v) is 11.5. The van der Waals surface area contributed by atoms with E-state index in [1.165, 1.54) is 17.8 Å². The molecule has 182 valence electrons. The number of rotatable bonds is 8. The molecule has 0 spiro atoms. The van der Waals surface area contributed by atoms with Gasteiger partial charge >= 0.3 is 5.97 Å². The summed E-state index contributed by atoms with van der Waals surface area (Å²) in [6.07, 6.45) is 4.10. The third-order valence-electron chi connectivity index (χ3n) is 6.77. The van der Waals surface area contributed by atoms with Crippen molar-refractivity contribution >= 4 is 23.4 Å². The van der Waals surface area contributed by atoms with Crippen molar-refractivity contribution in [1.82, 2.24) is 25.0 Å². The second-order valence-electron chi connectivity index (χ2n) is 9.56. The zero-order valence-corrected chi connectivity index (χ0v) is 19.9. The van der Waals surface area contributed by atoms with Crippen molar-refractivity contribution in [3.8, 4) is 11.4 Å². The lowest BCUT2D eigenvalue weighted by atomic mass is 9.42. The molecule has 0 N–H and O–H groups in total. The van der Waals surface area contributed by atoms with Crippen molar-refractivity contribution in [3.63, 3.8) is 0 Å². The van der Waals surface area contributed by atoms with Crippen LogP contribution in [0.5, 0.6) is 0 Å². The highest BCUT2D eigenvalue weighted by Crippen LogP contribution is 2.72. The molecule has 0 saturated heterocycles. The lowest BCUT2D eigenvalue weighted by Crippen LogP contribution is -2.64. The van der Waals surface area contributed by atoms with E-state index < -0.39 is 23.8 Å². The summed E-state index contributed by atoms with van der Waals surface area (Å²) in [4.78, 5) is 32.8. The average Bonchev–Trinajstić information content (AvgIpc) is 3.13. The summed E-state index contributed by atoms with van der Waals surface area (Å²) < 4.78 is 34.0. The molecule has 1 atom stereocenters. The minimum absolute atomic E-state index is 0.0264. The van der Waals surface area contributed by atoms with Gasteiger partial charge in [-0.25, -0.2) is 9.37 Å². The molecule has 2 bridgehead atoms. The molecule has 6 rings (SSSR count). The second kappa shape index (κ2) is 8.44. The number of carbonyl (C=O) groups is 2. The second-order valence-corrected chi connectivity index (χ2v) is 10.4. The zero-order valence-electron chi connectivity index (χ0n) is 19.1. The van der Waals surface area contributed by atoms with Crippen LogP contribution in [0.1, 0.15) is 60.3 Å². The lowest BCUT2D eigenvalue weighted by Gasteiger charge is -2.67. The molecule has 3 aliphatic carbocycles. The Hall–Kier alpha value is -3.27. The lowest BCUT2D eigenvalue weighted by molar-refractivity contribution is -0.148. The number of aryl methyl sites for hydroxylation is 1. The van der Waals surface area contributed by atoms with Gasteiger partial charge in [-0.1, -0.05) is 5.21 Å². The average molecular weight is 502 g/mol. The molecule has 35 heavy (non-hydrogen) atoms. The Kier molecular flexibility index (Phi) is 5.66. The fraction of sp³-hybridized carbons (Fsp3) is 0.417. The Morgan fingerprint density at radius 1 is 1.20 bits per heavy atom. The number of ketones is 1. The van der Waals surface area contributed by atoms with Crippen LogP contribution in [-0.2, 0) is 23.0 Å². The number of pyridine rings is 2. The van der Waals surface area contributed by atoms with E-state index in [2.05, 4.69) is 20.3 Å². The van der Waals surface area contributed by atoms with Crippen molar-refractivity contribution in [1.29, 1.82) is 0 Å². The smallest absolute Gasteiger partial charge is 0.312 e. The Morgan fingerprint density at radius 3 is 2.60 bits per heavy atom. The molecule has 11 heteroatoms. The van der Waals surface area contributed by atoms with Crippen LogP contribution >= 0.6 is 11.6 Å². The minimum Gasteiger partial charge on any atom is -0.457 e. The van der Waals surface area contributed by atoms with Gasteiger partial charge in [0.05, 0.1) is 29.6 Å². The number of esters is 1. The van der Waals surface area contributed by atoms with Gasteiger partial charge in [0, 0.05) is 30.1 Å². The summed E-state index contributed by atoms with van der Waals surface area (Å²) in [5.74, 6) is -2.30. The van der Waals surface area contributed by atoms with E-state index in [0.29, 0.717) is 29.1 Å². The normalized spacial score (nSPS) is 23.2. The highest BCUT2D eigenvalue weighted by molar-refractivity contribution is 6.26. The fourth-order valence-electron chi connectivity index (χ4n) is 5.13. The largest absolute Gasteiger partial charge is 0.457 e. The van der Waals surface area contributed by atoms with Crippen molar-refractivity contribution in [2.24, 2.45) is 12.5 Å². The first-order valence-electron chi connectivity index (χ1n) is 11.1. The number of hydrogen-bond donors (Lipinski definition) is 0. The Labute approximate surface area is 204 Å². The number of halogens is 3. The van der Waals surface area contributed by atoms with Gasteiger partial charge in [-0.05, 0) is 49.8 Å². The predicted octanol–water partition coefficient (Wildman–Crippen LogP) is 4.13. The number of Topliss-reactive ketones (excluding diaryl/α,β-unsaturated/α-hetero) is 1. The van der Waals surface area contributed by atoms with Gasteiger partial charge in [0.1, 0.15) is 17.6 Å². The maximum Gasteiger partial charge on any atom is 0.312 e. The molecule has 0 aliphatic heterocycles. The van der Waals surface area contributed by atoms with Crippen LogP contribution in [0, 0.1) is 17.2 Å². The first kappa shape index (κ1) is 23.5. The van der Waals surface area contributed by atoms with Crippen molar-refractivity contribution in [2.45, 2.75) is 50.0 Å². The van der Waals surface area contributed by atoms with Crippen LogP contribution in [0.3, 0.4) is 0 Å². The van der Waals surface area contributed by atoms with Crippen LogP contribution in [0.15, 0.2) is 30.6 Å². The van der Waals surface area contributed by atoms with E-state index in [9.17, 15) is 18.4 Å². The molecular weight excluding hydrogens is 480 g/mol. The molecule has 0 radical (unpaired) electrons. The fourth-order valence-corrected chi connectivity index (χ4v) is 5.98. The Balaban J connectivity index is 1.26. The summed E-state index contributed by atoms with van der Waals surface area (Å²) in [6, 6.07) is 4.28. The molecule has 0 amide bonds. The van der Waals surface area contributed by atoms with Crippen molar-refractivity contribution < 1.29 is 23.1 Å². The van der Waals surface area contributed by atoms with Crippen LogP contribution in [0.2, 0.25) is 0 Å². The Morgan fingerprint density at radius 2 is 1.94 bits per heavy atom. The summed E-state index contributed by atoms with van der Waals surface area (Å²) in [5.41, 5.74) is 1.62. The van der Waals surface area contributed by atoms with Gasteiger partial charge in [-0.3, -0.25) is 19.3 Å². The molecule has 3 saturated carbocycles. The third-order valence-corrected chi connectivity index (χ3v) is 7.17. The van der Waals surface area contributed by atoms with E-state index in [0.717, 1.165) is 31.5 Å². The van der Waals surface area contributed by atoms with Crippen LogP contribution in [0.4, 0.5) is 8.78 Å². The quantitative estimate of drug-likeness (QED) is 0.198. The number of carbonyl (C=O) groups excluding carboxylic acids is 2. The van der Waals surface area contributed by atoms with Gasteiger partial charge in [0.25, 0.3) is 0 Å². The van der Waals surface area contributed by atoms with Crippen LogP contribution in [0.25, 0.3) is 11.4 Å². The molecule has 0 unspecified atom stereocenters. The molecule has 8 nitrogen and oxygen atoms in total. The van der Waals surface area contributed by atoms with Gasteiger partial charge < -0.3 is 4.74 Å². The van der Waals surface area contributed by atoms with Gasteiger partial charge in [0.2, 0.25) is 5.95 Å². The van der Waals surface area contributed by atoms with E-state index in [4.69, 9.17) is 16.3 Å². The summed E-state index contributed by atoms with van der Waals surface area (Å²) >= 11 is 6.30. The topological polar surface area (TPSA) is 99.9 Å². The molecule has 3 aromatic heterocycles. The molecule has 3 aliphatic rings. The maximum atomic E-state index is 13.9. The summed E-state index contributed by atoms with van der Waals surface area (Å²) in [6.45, 7) is 1.43. The van der Waals surface area contributed by atoms with Gasteiger partial charge in [0.15, 0.2) is 5.78 Å². The number of alkyl halides is 1. The minimum atomic E-state index is -1.05. The monoisotopic (exact) mass is 501 g/mol. The zero-order chi connectivity index (χ0) is 25.0. The number of ether oxygens (including phenoxy) is 1. The van der Waals surface area contributed by atoms with Crippen LogP contribution < -0.4 is 0 Å². The van der Waals surface area contributed by atoms with Gasteiger partial charge in [-0.15, -0.1) is 16.7 Å². The van der Waals surface area contributed by atoms with Crippen molar-refractivity contribution in [2.75, 3.05) is 0 Å². The van der Waals surface area contributed by atoms with E-state index >= 15 is 0 Å². The summed E-state index contributed by atoms with van der Waals surface area (Å²) in [7, 11) is 1.62. The third kappa shape index (κ3) is 4.42. The predicted molar refractivity (Wildman–Crippen MR) is 120 cm³/mol.